The molecule has 0 amide bonds. The molecule has 2 aliphatic heterocycles. The van der Waals surface area contributed by atoms with Crippen LogP contribution in [0.2, 0.25) is 0 Å². The van der Waals surface area contributed by atoms with E-state index in [2.05, 4.69) is 44.6 Å². The zero-order valence-corrected chi connectivity index (χ0v) is 22.5. The van der Waals surface area contributed by atoms with E-state index in [4.69, 9.17) is 4.98 Å². The highest BCUT2D eigenvalue weighted by Gasteiger charge is 2.43. The van der Waals surface area contributed by atoms with Gasteiger partial charge in [0.05, 0.1) is 5.52 Å². The maximum Gasteiger partial charge on any atom is 0.267 e. The van der Waals surface area contributed by atoms with Crippen molar-refractivity contribution in [3.05, 3.63) is 72.6 Å². The van der Waals surface area contributed by atoms with Gasteiger partial charge < -0.3 is 15.5 Å². The number of anilines is 4. The molecule has 0 saturated carbocycles. The van der Waals surface area contributed by atoms with E-state index in [1.807, 2.05) is 38.1 Å². The summed E-state index contributed by atoms with van der Waals surface area (Å²) < 4.78 is 29.4. The first-order chi connectivity index (χ1) is 18.2. The maximum atomic E-state index is 14.0. The second-order valence-corrected chi connectivity index (χ2v) is 12.4. The second-order valence-electron chi connectivity index (χ2n) is 10.6. The van der Waals surface area contributed by atoms with E-state index in [9.17, 15) is 8.42 Å². The third kappa shape index (κ3) is 4.23. The molecule has 38 heavy (non-hydrogen) atoms. The molecule has 4 aromatic rings. The quantitative estimate of drug-likeness (QED) is 0.399. The highest BCUT2D eigenvalue weighted by atomic mass is 32.2. The zero-order chi connectivity index (χ0) is 26.5. The molecular weight excluding hydrogens is 498 g/mol. The second kappa shape index (κ2) is 9.21. The molecule has 196 valence electrons. The Morgan fingerprint density at radius 3 is 2.63 bits per heavy atom. The first-order valence-corrected chi connectivity index (χ1v) is 14.3. The van der Waals surface area contributed by atoms with Crippen molar-refractivity contribution in [3.63, 3.8) is 0 Å². The minimum absolute atomic E-state index is 0.171. The summed E-state index contributed by atoms with van der Waals surface area (Å²) in [7, 11) is -3.92. The SMILES string of the molecule is CC1CNCCN1c1ccc(Nc2ncc3c(n2)N(S(=O)(=O)c2cccc4cccnc24)CC3(C)C)cc1. The fourth-order valence-electron chi connectivity index (χ4n) is 5.31. The van der Waals surface area contributed by atoms with Crippen molar-refractivity contribution in [3.8, 4) is 0 Å². The van der Waals surface area contributed by atoms with E-state index in [0.717, 1.165) is 36.3 Å². The van der Waals surface area contributed by atoms with Gasteiger partial charge in [-0.2, -0.15) is 4.98 Å². The smallest absolute Gasteiger partial charge is 0.267 e. The average Bonchev–Trinajstić information content (AvgIpc) is 3.20. The summed E-state index contributed by atoms with van der Waals surface area (Å²) in [6, 6.07) is 17.5. The maximum absolute atomic E-state index is 14.0. The molecule has 6 rings (SSSR count). The number of piperazine rings is 1. The Balaban J connectivity index is 1.32. The molecule has 9 nitrogen and oxygen atoms in total. The van der Waals surface area contributed by atoms with Crippen LogP contribution in [0, 0.1) is 0 Å². The Morgan fingerprint density at radius 2 is 1.84 bits per heavy atom. The van der Waals surface area contributed by atoms with Gasteiger partial charge in [0, 0.05) is 72.4 Å². The fourth-order valence-corrected chi connectivity index (χ4v) is 7.07. The summed E-state index contributed by atoms with van der Waals surface area (Å²) in [6.45, 7) is 9.40. The third-order valence-corrected chi connectivity index (χ3v) is 9.16. The van der Waals surface area contributed by atoms with Crippen LogP contribution in [0.4, 0.5) is 23.1 Å². The fraction of sp³-hybridized carbons (Fsp3) is 0.321. The van der Waals surface area contributed by atoms with Crippen LogP contribution in [0.3, 0.4) is 0 Å². The number of hydrogen-bond donors (Lipinski definition) is 2. The monoisotopic (exact) mass is 529 g/mol. The molecule has 1 fully saturated rings. The van der Waals surface area contributed by atoms with Gasteiger partial charge in [-0.05, 0) is 43.3 Å². The first kappa shape index (κ1) is 24.6. The highest BCUT2D eigenvalue weighted by molar-refractivity contribution is 7.93. The number of benzene rings is 2. The summed E-state index contributed by atoms with van der Waals surface area (Å²) in [6.07, 6.45) is 3.35. The minimum atomic E-state index is -3.92. The lowest BCUT2D eigenvalue weighted by molar-refractivity contribution is 0.501. The molecule has 1 saturated heterocycles. The van der Waals surface area contributed by atoms with Crippen molar-refractivity contribution in [2.75, 3.05) is 40.7 Å². The molecule has 0 radical (unpaired) electrons. The number of nitrogens with one attached hydrogen (secondary N) is 2. The van der Waals surface area contributed by atoms with Crippen LogP contribution >= 0.6 is 0 Å². The van der Waals surface area contributed by atoms with Gasteiger partial charge >= 0.3 is 0 Å². The van der Waals surface area contributed by atoms with Crippen molar-refractivity contribution < 1.29 is 8.42 Å². The van der Waals surface area contributed by atoms with Gasteiger partial charge in [0.25, 0.3) is 10.0 Å². The number of aromatic nitrogens is 3. The Bertz CT molecular complexity index is 1600. The van der Waals surface area contributed by atoms with Crippen LogP contribution in [0.1, 0.15) is 26.3 Å². The van der Waals surface area contributed by atoms with Gasteiger partial charge in [0.2, 0.25) is 5.95 Å². The predicted octanol–water partition coefficient (Wildman–Crippen LogP) is 4.05. The van der Waals surface area contributed by atoms with Crippen molar-refractivity contribution in [1.82, 2.24) is 20.3 Å². The van der Waals surface area contributed by atoms with Gasteiger partial charge in [0.1, 0.15) is 4.90 Å². The molecular formula is C28H31N7O2S. The Morgan fingerprint density at radius 1 is 1.05 bits per heavy atom. The molecule has 0 aliphatic carbocycles. The van der Waals surface area contributed by atoms with Crippen LogP contribution in [0.25, 0.3) is 10.9 Å². The van der Waals surface area contributed by atoms with Crippen LogP contribution in [0.15, 0.2) is 71.9 Å². The molecule has 2 aromatic carbocycles. The number of sulfonamides is 1. The number of rotatable bonds is 5. The molecule has 10 heteroatoms. The molecule has 1 unspecified atom stereocenters. The van der Waals surface area contributed by atoms with E-state index in [-0.39, 0.29) is 11.4 Å². The Labute approximate surface area is 223 Å². The number of pyridine rings is 1. The highest BCUT2D eigenvalue weighted by Crippen LogP contribution is 2.42. The lowest BCUT2D eigenvalue weighted by atomic mass is 9.89. The third-order valence-electron chi connectivity index (χ3n) is 7.39. The minimum Gasteiger partial charge on any atom is -0.366 e. The molecule has 2 aliphatic rings. The topological polar surface area (TPSA) is 103 Å². The van der Waals surface area contributed by atoms with Crippen molar-refractivity contribution in [2.45, 2.75) is 37.1 Å². The normalized spacial score (nSPS) is 19.0. The summed E-state index contributed by atoms with van der Waals surface area (Å²) in [5.41, 5.74) is 2.81. The van der Waals surface area contributed by atoms with Gasteiger partial charge in [0.15, 0.2) is 5.82 Å². The summed E-state index contributed by atoms with van der Waals surface area (Å²) >= 11 is 0. The number of fused-ring (bicyclic) bond motifs is 2. The van der Waals surface area contributed by atoms with Crippen LogP contribution < -0.4 is 19.8 Å². The van der Waals surface area contributed by atoms with E-state index in [0.29, 0.717) is 23.3 Å². The molecule has 4 heterocycles. The Kier molecular flexibility index (Phi) is 5.96. The summed E-state index contributed by atoms with van der Waals surface area (Å²) in [4.78, 5) is 16.2. The van der Waals surface area contributed by atoms with E-state index < -0.39 is 15.4 Å². The standard InChI is InChI=1S/C28H31N7O2S/c1-19-16-29-14-15-34(19)22-11-9-21(10-12-22)32-27-31-17-23-26(33-27)35(18-28(23,2)3)38(36,37)24-8-4-6-20-7-5-13-30-25(20)24/h4-13,17,19,29H,14-16,18H2,1-3H3,(H,31,32,33). The zero-order valence-electron chi connectivity index (χ0n) is 21.7. The number of para-hydroxylation sites is 1. The van der Waals surface area contributed by atoms with Crippen molar-refractivity contribution in [1.29, 1.82) is 0 Å². The molecule has 1 atom stereocenters. The van der Waals surface area contributed by atoms with Crippen LogP contribution in [-0.2, 0) is 15.4 Å². The molecule has 0 spiro atoms. The lowest BCUT2D eigenvalue weighted by Crippen LogP contribution is -2.49. The van der Waals surface area contributed by atoms with Gasteiger partial charge in [-0.25, -0.2) is 17.7 Å². The summed E-state index contributed by atoms with van der Waals surface area (Å²) in [5.74, 6) is 0.743. The number of hydrogen-bond acceptors (Lipinski definition) is 8. The lowest BCUT2D eigenvalue weighted by Gasteiger charge is -2.36. The summed E-state index contributed by atoms with van der Waals surface area (Å²) in [5, 5.41) is 7.45. The first-order valence-electron chi connectivity index (χ1n) is 12.8. The van der Waals surface area contributed by atoms with E-state index >= 15 is 0 Å². The molecule has 2 N–H and O–H groups in total. The van der Waals surface area contributed by atoms with Crippen LogP contribution in [-0.4, -0.2) is 55.6 Å². The number of nitrogens with zero attached hydrogens (tertiary/aromatic N) is 5. The van der Waals surface area contributed by atoms with E-state index in [1.54, 1.807) is 30.6 Å². The van der Waals surface area contributed by atoms with Crippen LogP contribution in [0.5, 0.6) is 0 Å². The predicted molar refractivity (Wildman–Crippen MR) is 151 cm³/mol. The van der Waals surface area contributed by atoms with Gasteiger partial charge in [-0.15, -0.1) is 0 Å². The van der Waals surface area contributed by atoms with Gasteiger partial charge in [-0.3, -0.25) is 4.98 Å². The van der Waals surface area contributed by atoms with Crippen molar-refractivity contribution >= 4 is 44.1 Å². The molecule has 2 aromatic heterocycles. The largest absolute Gasteiger partial charge is 0.366 e. The molecule has 0 bridgehead atoms. The van der Waals surface area contributed by atoms with Crippen molar-refractivity contribution in [2.24, 2.45) is 0 Å². The Hall–Kier alpha value is -3.76. The van der Waals surface area contributed by atoms with E-state index in [1.165, 1.54) is 9.99 Å². The van der Waals surface area contributed by atoms with Gasteiger partial charge in [-0.1, -0.05) is 32.0 Å². The average molecular weight is 530 g/mol.